The molecular formula is C17H14N2OS. The summed E-state index contributed by atoms with van der Waals surface area (Å²) in [7, 11) is 0. The molecule has 0 aliphatic carbocycles. The van der Waals surface area contributed by atoms with E-state index in [9.17, 15) is 4.79 Å². The number of hydrogen-bond acceptors (Lipinski definition) is 3. The first-order valence-electron chi connectivity index (χ1n) is 6.67. The minimum Gasteiger partial charge on any atom is -0.346 e. The van der Waals surface area contributed by atoms with E-state index in [1.807, 2.05) is 54.6 Å². The van der Waals surface area contributed by atoms with Crippen LogP contribution in [0.1, 0.15) is 10.6 Å². The summed E-state index contributed by atoms with van der Waals surface area (Å²) < 4.78 is 1.14. The molecule has 0 unspecified atom stereocenters. The zero-order valence-corrected chi connectivity index (χ0v) is 12.1. The molecule has 0 radical (unpaired) electrons. The number of carbonyl (C=O) groups excluding carboxylic acids is 1. The van der Waals surface area contributed by atoms with Gasteiger partial charge in [0, 0.05) is 6.08 Å². The number of para-hydroxylation sites is 1. The van der Waals surface area contributed by atoms with Crippen molar-refractivity contribution in [1.29, 1.82) is 0 Å². The first-order valence-corrected chi connectivity index (χ1v) is 7.48. The zero-order valence-electron chi connectivity index (χ0n) is 11.3. The highest BCUT2D eigenvalue weighted by Gasteiger charge is 2.03. The largest absolute Gasteiger partial charge is 0.346 e. The van der Waals surface area contributed by atoms with Gasteiger partial charge in [0.1, 0.15) is 5.01 Å². The zero-order chi connectivity index (χ0) is 14.5. The second kappa shape index (κ2) is 6.33. The minimum atomic E-state index is -0.113. The Labute approximate surface area is 127 Å². The summed E-state index contributed by atoms with van der Waals surface area (Å²) in [6.45, 7) is 0.456. The van der Waals surface area contributed by atoms with Crippen molar-refractivity contribution in [2.75, 3.05) is 0 Å². The van der Waals surface area contributed by atoms with Crippen LogP contribution in [-0.4, -0.2) is 10.9 Å². The smallest absolute Gasteiger partial charge is 0.244 e. The van der Waals surface area contributed by atoms with Gasteiger partial charge < -0.3 is 5.32 Å². The van der Waals surface area contributed by atoms with Crippen molar-refractivity contribution in [2.45, 2.75) is 6.54 Å². The third-order valence-electron chi connectivity index (χ3n) is 2.98. The Hall–Kier alpha value is -2.46. The second-order valence-corrected chi connectivity index (χ2v) is 5.65. The monoisotopic (exact) mass is 294 g/mol. The maximum atomic E-state index is 11.8. The fourth-order valence-electron chi connectivity index (χ4n) is 1.95. The highest BCUT2D eigenvalue weighted by atomic mass is 32.1. The van der Waals surface area contributed by atoms with Crippen molar-refractivity contribution in [2.24, 2.45) is 0 Å². The van der Waals surface area contributed by atoms with Gasteiger partial charge in [0.15, 0.2) is 0 Å². The predicted molar refractivity (Wildman–Crippen MR) is 86.9 cm³/mol. The third kappa shape index (κ3) is 3.55. The van der Waals surface area contributed by atoms with Gasteiger partial charge in [-0.05, 0) is 23.8 Å². The Bertz CT molecular complexity index is 745. The summed E-state index contributed by atoms with van der Waals surface area (Å²) in [6, 6.07) is 17.7. The van der Waals surface area contributed by atoms with Crippen LogP contribution in [0.2, 0.25) is 0 Å². The topological polar surface area (TPSA) is 42.0 Å². The lowest BCUT2D eigenvalue weighted by Gasteiger charge is -1.98. The summed E-state index contributed by atoms with van der Waals surface area (Å²) in [5.74, 6) is -0.113. The van der Waals surface area contributed by atoms with E-state index in [1.165, 1.54) is 0 Å². The number of rotatable bonds is 4. The minimum absolute atomic E-state index is 0.113. The Morgan fingerprint density at radius 2 is 1.86 bits per heavy atom. The van der Waals surface area contributed by atoms with Gasteiger partial charge in [-0.1, -0.05) is 42.5 Å². The molecule has 104 valence electrons. The summed E-state index contributed by atoms with van der Waals surface area (Å²) in [5, 5.41) is 3.77. The van der Waals surface area contributed by atoms with Crippen LogP contribution in [0.15, 0.2) is 60.7 Å². The molecule has 0 fully saturated rings. The molecule has 1 N–H and O–H groups in total. The Morgan fingerprint density at radius 1 is 1.10 bits per heavy atom. The molecule has 0 saturated carbocycles. The maximum Gasteiger partial charge on any atom is 0.244 e. The van der Waals surface area contributed by atoms with Crippen LogP contribution in [0, 0.1) is 0 Å². The number of benzene rings is 2. The van der Waals surface area contributed by atoms with Crippen LogP contribution in [0.4, 0.5) is 0 Å². The van der Waals surface area contributed by atoms with E-state index < -0.39 is 0 Å². The average molecular weight is 294 g/mol. The number of amides is 1. The van der Waals surface area contributed by atoms with Crippen LogP contribution in [-0.2, 0) is 11.3 Å². The Morgan fingerprint density at radius 3 is 2.67 bits per heavy atom. The number of aromatic nitrogens is 1. The van der Waals surface area contributed by atoms with E-state index in [1.54, 1.807) is 23.5 Å². The predicted octanol–water partition coefficient (Wildman–Crippen LogP) is 3.63. The van der Waals surface area contributed by atoms with Gasteiger partial charge in [0.25, 0.3) is 0 Å². The lowest BCUT2D eigenvalue weighted by molar-refractivity contribution is -0.116. The number of hydrogen-bond donors (Lipinski definition) is 1. The van der Waals surface area contributed by atoms with Gasteiger partial charge in [-0.15, -0.1) is 11.3 Å². The van der Waals surface area contributed by atoms with Crippen LogP contribution >= 0.6 is 11.3 Å². The molecule has 1 amide bonds. The molecule has 2 aromatic carbocycles. The second-order valence-electron chi connectivity index (χ2n) is 4.54. The summed E-state index contributed by atoms with van der Waals surface area (Å²) in [4.78, 5) is 16.3. The van der Waals surface area contributed by atoms with Gasteiger partial charge in [-0.3, -0.25) is 4.79 Å². The molecule has 3 aromatic rings. The van der Waals surface area contributed by atoms with Crippen molar-refractivity contribution in [3.63, 3.8) is 0 Å². The van der Waals surface area contributed by atoms with E-state index in [4.69, 9.17) is 0 Å². The van der Waals surface area contributed by atoms with Crippen LogP contribution in [0.5, 0.6) is 0 Å². The molecule has 4 heteroatoms. The van der Waals surface area contributed by atoms with Crippen molar-refractivity contribution < 1.29 is 4.79 Å². The first kappa shape index (κ1) is 13.5. The molecule has 0 spiro atoms. The normalized spacial score (nSPS) is 11.0. The standard InChI is InChI=1S/C17H14N2OS/c20-16(11-10-13-6-2-1-3-7-13)18-12-17-19-14-8-4-5-9-15(14)21-17/h1-11H,12H2,(H,18,20)/b11-10+. The van der Waals surface area contributed by atoms with E-state index >= 15 is 0 Å². The van der Waals surface area contributed by atoms with E-state index in [2.05, 4.69) is 10.3 Å². The SMILES string of the molecule is O=C(/C=C/c1ccccc1)NCc1nc2ccccc2s1. The molecule has 0 aliphatic heterocycles. The number of carbonyl (C=O) groups is 1. The number of fused-ring (bicyclic) bond motifs is 1. The molecular weight excluding hydrogens is 280 g/mol. The molecule has 0 bridgehead atoms. The van der Waals surface area contributed by atoms with Gasteiger partial charge in [0.2, 0.25) is 5.91 Å². The van der Waals surface area contributed by atoms with Gasteiger partial charge in [-0.25, -0.2) is 4.98 Å². The Kier molecular flexibility index (Phi) is 4.07. The molecule has 1 heterocycles. The number of thiazole rings is 1. The number of nitrogens with one attached hydrogen (secondary N) is 1. The van der Waals surface area contributed by atoms with E-state index in [-0.39, 0.29) is 5.91 Å². The van der Waals surface area contributed by atoms with Crippen LogP contribution in [0.3, 0.4) is 0 Å². The Balaban J connectivity index is 1.59. The van der Waals surface area contributed by atoms with Crippen molar-refractivity contribution in [3.05, 3.63) is 71.2 Å². The first-order chi connectivity index (χ1) is 10.3. The lowest BCUT2D eigenvalue weighted by Crippen LogP contribution is -2.19. The van der Waals surface area contributed by atoms with Gasteiger partial charge >= 0.3 is 0 Å². The fraction of sp³-hybridized carbons (Fsp3) is 0.0588. The van der Waals surface area contributed by atoms with E-state index in [0.717, 1.165) is 20.8 Å². The van der Waals surface area contributed by atoms with E-state index in [0.29, 0.717) is 6.54 Å². The summed E-state index contributed by atoms with van der Waals surface area (Å²) in [5.41, 5.74) is 1.99. The lowest BCUT2D eigenvalue weighted by atomic mass is 10.2. The van der Waals surface area contributed by atoms with Crippen molar-refractivity contribution in [1.82, 2.24) is 10.3 Å². The van der Waals surface area contributed by atoms with Crippen molar-refractivity contribution in [3.8, 4) is 0 Å². The molecule has 1 aromatic heterocycles. The van der Waals surface area contributed by atoms with Crippen LogP contribution < -0.4 is 5.32 Å². The third-order valence-corrected chi connectivity index (χ3v) is 4.02. The maximum absolute atomic E-state index is 11.8. The fourth-order valence-corrected chi connectivity index (χ4v) is 2.86. The molecule has 21 heavy (non-hydrogen) atoms. The molecule has 0 atom stereocenters. The highest BCUT2D eigenvalue weighted by Crippen LogP contribution is 2.21. The van der Waals surface area contributed by atoms with Crippen molar-refractivity contribution >= 4 is 33.5 Å². The average Bonchev–Trinajstić information content (AvgIpc) is 2.95. The van der Waals surface area contributed by atoms with Gasteiger partial charge in [-0.2, -0.15) is 0 Å². The molecule has 3 nitrogen and oxygen atoms in total. The van der Waals surface area contributed by atoms with Gasteiger partial charge in [0.05, 0.1) is 16.8 Å². The summed E-state index contributed by atoms with van der Waals surface area (Å²) >= 11 is 1.60. The number of nitrogens with zero attached hydrogens (tertiary/aromatic N) is 1. The highest BCUT2D eigenvalue weighted by molar-refractivity contribution is 7.18. The summed E-state index contributed by atoms with van der Waals surface area (Å²) in [6.07, 6.45) is 3.34. The molecule has 0 aliphatic rings. The quantitative estimate of drug-likeness (QED) is 0.747. The molecule has 3 rings (SSSR count). The molecule has 0 saturated heterocycles. The van der Waals surface area contributed by atoms with Crippen LogP contribution in [0.25, 0.3) is 16.3 Å².